The molecular formula is C12H13ClF3NO4. The van der Waals surface area contributed by atoms with Crippen LogP contribution in [0.4, 0.5) is 13.2 Å². The molecule has 1 heterocycles. The van der Waals surface area contributed by atoms with Crippen molar-refractivity contribution in [3.63, 3.8) is 0 Å². The van der Waals surface area contributed by atoms with E-state index in [-0.39, 0.29) is 36.0 Å². The molecule has 1 aromatic heterocycles. The number of pyridine rings is 1. The number of methoxy groups -OCH3 is 1. The molecule has 0 bridgehead atoms. The molecule has 5 nitrogen and oxygen atoms in total. The molecule has 1 aromatic rings. The highest BCUT2D eigenvalue weighted by molar-refractivity contribution is 6.17. The summed E-state index contributed by atoms with van der Waals surface area (Å²) < 4.78 is 50.3. The van der Waals surface area contributed by atoms with E-state index in [4.69, 9.17) is 21.1 Å². The van der Waals surface area contributed by atoms with Gasteiger partial charge in [0, 0.05) is 0 Å². The van der Waals surface area contributed by atoms with Gasteiger partial charge in [-0.05, 0) is 18.6 Å². The zero-order chi connectivity index (χ0) is 16.0. The molecule has 0 fully saturated rings. The Kier molecular flexibility index (Phi) is 6.07. The van der Waals surface area contributed by atoms with Crippen molar-refractivity contribution in [2.75, 3.05) is 13.7 Å². The van der Waals surface area contributed by atoms with Crippen LogP contribution in [0.1, 0.15) is 18.2 Å². The van der Waals surface area contributed by atoms with E-state index < -0.39 is 18.1 Å². The van der Waals surface area contributed by atoms with Crippen LogP contribution in [0, 0.1) is 0 Å². The number of ether oxygens (including phenoxy) is 3. The smallest absolute Gasteiger partial charge is 0.478 e. The van der Waals surface area contributed by atoms with E-state index in [1.54, 1.807) is 6.92 Å². The third kappa shape index (κ3) is 5.30. The number of carbonyl (C=O) groups is 1. The third-order valence-electron chi connectivity index (χ3n) is 2.31. The van der Waals surface area contributed by atoms with Crippen molar-refractivity contribution in [3.8, 4) is 11.6 Å². The molecule has 0 spiro atoms. The Balaban J connectivity index is 3.16. The lowest BCUT2D eigenvalue weighted by atomic mass is 10.1. The fraction of sp³-hybridized carbons (Fsp3) is 0.500. The lowest BCUT2D eigenvalue weighted by molar-refractivity contribution is -0.275. The molecule has 0 amide bonds. The number of rotatable bonds is 6. The first kappa shape index (κ1) is 17.4. The summed E-state index contributed by atoms with van der Waals surface area (Å²) in [6.07, 6.45) is -5.17. The minimum atomic E-state index is -4.90. The van der Waals surface area contributed by atoms with E-state index in [1.165, 1.54) is 0 Å². The van der Waals surface area contributed by atoms with Gasteiger partial charge in [-0.15, -0.1) is 24.8 Å². The highest BCUT2D eigenvalue weighted by atomic mass is 35.5. The first-order valence-corrected chi connectivity index (χ1v) is 6.38. The topological polar surface area (TPSA) is 57.7 Å². The second-order valence-corrected chi connectivity index (χ2v) is 4.03. The number of carbonyl (C=O) groups excluding carboxylic acids is 1. The normalized spacial score (nSPS) is 11.1. The maximum Gasteiger partial charge on any atom is 0.573 e. The summed E-state index contributed by atoms with van der Waals surface area (Å²) in [5.41, 5.74) is 0.402. The fourth-order valence-corrected chi connectivity index (χ4v) is 1.76. The van der Waals surface area contributed by atoms with Crippen LogP contribution in [0.3, 0.4) is 0 Å². The predicted molar refractivity (Wildman–Crippen MR) is 67.4 cm³/mol. The largest absolute Gasteiger partial charge is 0.573 e. The van der Waals surface area contributed by atoms with E-state index >= 15 is 0 Å². The molecule has 0 aliphatic heterocycles. The molecule has 0 N–H and O–H groups in total. The number of hydrogen-bond acceptors (Lipinski definition) is 5. The number of nitrogens with zero attached hydrogens (tertiary/aromatic N) is 1. The molecule has 0 radical (unpaired) electrons. The Labute approximate surface area is 124 Å². The van der Waals surface area contributed by atoms with Crippen LogP contribution in [0.25, 0.3) is 0 Å². The lowest BCUT2D eigenvalue weighted by Gasteiger charge is -2.15. The van der Waals surface area contributed by atoms with Crippen molar-refractivity contribution in [1.82, 2.24) is 4.98 Å². The summed E-state index contributed by atoms with van der Waals surface area (Å²) in [5.74, 6) is -1.71. The summed E-state index contributed by atoms with van der Waals surface area (Å²) in [4.78, 5) is 15.3. The first-order chi connectivity index (χ1) is 9.80. The Bertz CT molecular complexity index is 508. The van der Waals surface area contributed by atoms with Gasteiger partial charge in [-0.3, -0.25) is 4.79 Å². The van der Waals surface area contributed by atoms with Crippen LogP contribution >= 0.6 is 11.6 Å². The second kappa shape index (κ2) is 7.35. The molecule has 21 heavy (non-hydrogen) atoms. The van der Waals surface area contributed by atoms with Crippen LogP contribution < -0.4 is 9.47 Å². The Morgan fingerprint density at radius 3 is 2.57 bits per heavy atom. The average molecular weight is 328 g/mol. The Morgan fingerprint density at radius 2 is 2.10 bits per heavy atom. The van der Waals surface area contributed by atoms with Gasteiger partial charge >= 0.3 is 12.3 Å². The number of hydrogen-bond donors (Lipinski definition) is 0. The third-order valence-corrected chi connectivity index (χ3v) is 2.56. The van der Waals surface area contributed by atoms with Gasteiger partial charge in [0.25, 0.3) is 5.88 Å². The zero-order valence-corrected chi connectivity index (χ0v) is 12.0. The van der Waals surface area contributed by atoms with Crippen LogP contribution in [0.5, 0.6) is 11.6 Å². The van der Waals surface area contributed by atoms with Crippen molar-refractivity contribution in [3.05, 3.63) is 17.3 Å². The monoisotopic (exact) mass is 327 g/mol. The second-order valence-electron chi connectivity index (χ2n) is 3.76. The highest BCUT2D eigenvalue weighted by Crippen LogP contribution is 2.33. The molecule has 1 rings (SSSR count). The van der Waals surface area contributed by atoms with Gasteiger partial charge in [-0.25, -0.2) is 4.98 Å². The van der Waals surface area contributed by atoms with Gasteiger partial charge in [0.2, 0.25) is 0 Å². The van der Waals surface area contributed by atoms with Crippen LogP contribution in [-0.2, 0) is 21.8 Å². The van der Waals surface area contributed by atoms with E-state index in [9.17, 15) is 18.0 Å². The molecule has 0 aliphatic rings. The maximum absolute atomic E-state index is 12.3. The molecule has 0 saturated heterocycles. The standard InChI is InChI=1S/C12H13ClF3NO4/c1-3-20-10(18)5-7-4-9(21-12(14,15)16)11(19-2)17-8(7)6-13/h4H,3,5-6H2,1-2H3. The van der Waals surface area contributed by atoms with E-state index in [0.717, 1.165) is 13.2 Å². The number of alkyl halides is 4. The molecule has 118 valence electrons. The molecule has 9 heteroatoms. The van der Waals surface area contributed by atoms with Crippen molar-refractivity contribution in [2.45, 2.75) is 25.6 Å². The van der Waals surface area contributed by atoms with Crippen LogP contribution in [0.15, 0.2) is 6.07 Å². The van der Waals surface area contributed by atoms with E-state index in [0.29, 0.717) is 0 Å². The summed E-state index contributed by atoms with van der Waals surface area (Å²) in [7, 11) is 1.15. The first-order valence-electron chi connectivity index (χ1n) is 5.84. The Hall–Kier alpha value is -1.70. The highest BCUT2D eigenvalue weighted by Gasteiger charge is 2.33. The summed E-state index contributed by atoms with van der Waals surface area (Å²) in [5, 5.41) is 0. The summed E-state index contributed by atoms with van der Waals surface area (Å²) in [6.45, 7) is 1.77. The van der Waals surface area contributed by atoms with Gasteiger partial charge in [0.15, 0.2) is 5.75 Å². The maximum atomic E-state index is 12.3. The number of halogens is 4. The van der Waals surface area contributed by atoms with Crippen molar-refractivity contribution < 1.29 is 32.2 Å². The summed E-state index contributed by atoms with van der Waals surface area (Å²) >= 11 is 5.67. The molecule has 0 atom stereocenters. The lowest BCUT2D eigenvalue weighted by Crippen LogP contribution is -2.19. The number of esters is 1. The van der Waals surface area contributed by atoms with Gasteiger partial charge in [0.05, 0.1) is 31.7 Å². The zero-order valence-electron chi connectivity index (χ0n) is 11.3. The number of aromatic nitrogens is 1. The SMILES string of the molecule is CCOC(=O)Cc1cc(OC(F)(F)F)c(OC)nc1CCl. The fourth-order valence-electron chi connectivity index (χ4n) is 1.53. The Morgan fingerprint density at radius 1 is 1.43 bits per heavy atom. The predicted octanol–water partition coefficient (Wildman–Crippen LogP) is 2.83. The van der Waals surface area contributed by atoms with Crippen molar-refractivity contribution in [2.24, 2.45) is 0 Å². The van der Waals surface area contributed by atoms with E-state index in [1.807, 2.05) is 0 Å². The van der Waals surface area contributed by atoms with Crippen LogP contribution in [0.2, 0.25) is 0 Å². The van der Waals surface area contributed by atoms with Crippen molar-refractivity contribution in [1.29, 1.82) is 0 Å². The molecule has 0 saturated carbocycles. The van der Waals surface area contributed by atoms with Gasteiger partial charge in [-0.1, -0.05) is 0 Å². The van der Waals surface area contributed by atoms with E-state index in [2.05, 4.69) is 9.72 Å². The minimum Gasteiger partial charge on any atom is -0.478 e. The minimum absolute atomic E-state index is 0.0998. The van der Waals surface area contributed by atoms with Crippen molar-refractivity contribution >= 4 is 17.6 Å². The molecule has 0 aliphatic carbocycles. The van der Waals surface area contributed by atoms with Gasteiger partial charge < -0.3 is 14.2 Å². The molecule has 0 unspecified atom stereocenters. The van der Waals surface area contributed by atoms with Gasteiger partial charge in [0.1, 0.15) is 0 Å². The summed E-state index contributed by atoms with van der Waals surface area (Å²) in [6, 6.07) is 1.02. The van der Waals surface area contributed by atoms with Gasteiger partial charge in [-0.2, -0.15) is 0 Å². The quantitative estimate of drug-likeness (QED) is 0.594. The molecule has 0 aromatic carbocycles. The molecular weight excluding hydrogens is 315 g/mol. The van der Waals surface area contributed by atoms with Crippen LogP contribution in [-0.4, -0.2) is 31.0 Å². The average Bonchev–Trinajstić information content (AvgIpc) is 2.37.